The average Bonchev–Trinajstić information content (AvgIpc) is 2.74. The van der Waals surface area contributed by atoms with Crippen LogP contribution in [0.2, 0.25) is 0 Å². The first kappa shape index (κ1) is 23.5. The number of carbonyl (C=O) groups is 3. The molecular formula is C21H25N3O5. The quantitative estimate of drug-likeness (QED) is 0.312. The van der Waals surface area contributed by atoms with E-state index in [1.165, 1.54) is 18.5 Å². The Morgan fingerprint density at radius 1 is 0.897 bits per heavy atom. The van der Waals surface area contributed by atoms with E-state index < -0.39 is 5.97 Å². The summed E-state index contributed by atoms with van der Waals surface area (Å²) >= 11 is 0. The van der Waals surface area contributed by atoms with Crippen LogP contribution in [0, 0.1) is 0 Å². The highest BCUT2D eigenvalue weighted by Crippen LogP contribution is 2.09. The minimum absolute atomic E-state index is 0.210. The van der Waals surface area contributed by atoms with Crippen LogP contribution in [0.1, 0.15) is 36.2 Å². The Hall–Kier alpha value is -3.55. The standard InChI is InChI=1S/C11H14N2O2.C10H11NO3/c1-3-15-11(14)8-10(12-2)9-4-6-13-7-5-9;1-2-14-10(13)7-9(12)8-3-5-11-6-4-8/h4-8,12H,3H2,1-2H3;3-6H,2,7H2,1H3/b10-8+;. The molecule has 0 atom stereocenters. The van der Waals surface area contributed by atoms with Gasteiger partial charge in [0, 0.05) is 54.7 Å². The van der Waals surface area contributed by atoms with Crippen molar-refractivity contribution in [3.05, 3.63) is 66.3 Å². The molecule has 29 heavy (non-hydrogen) atoms. The van der Waals surface area contributed by atoms with Gasteiger partial charge in [-0.3, -0.25) is 19.6 Å². The molecule has 0 bridgehead atoms. The van der Waals surface area contributed by atoms with E-state index in [1.807, 2.05) is 12.1 Å². The molecule has 0 radical (unpaired) electrons. The van der Waals surface area contributed by atoms with Crippen LogP contribution in [0.25, 0.3) is 5.70 Å². The second kappa shape index (κ2) is 13.6. The van der Waals surface area contributed by atoms with Crippen LogP contribution in [-0.4, -0.2) is 48.0 Å². The van der Waals surface area contributed by atoms with Crippen molar-refractivity contribution in [2.75, 3.05) is 20.3 Å². The van der Waals surface area contributed by atoms with E-state index in [9.17, 15) is 14.4 Å². The van der Waals surface area contributed by atoms with Crippen LogP contribution in [0.4, 0.5) is 0 Å². The lowest BCUT2D eigenvalue weighted by Crippen LogP contribution is -2.11. The molecule has 0 aliphatic rings. The lowest BCUT2D eigenvalue weighted by Gasteiger charge is -2.06. The van der Waals surface area contributed by atoms with Gasteiger partial charge in [0.05, 0.1) is 13.2 Å². The van der Waals surface area contributed by atoms with E-state index in [0.717, 1.165) is 11.3 Å². The molecule has 0 saturated heterocycles. The second-order valence-electron chi connectivity index (χ2n) is 5.44. The van der Waals surface area contributed by atoms with Crippen molar-refractivity contribution in [1.29, 1.82) is 0 Å². The van der Waals surface area contributed by atoms with Crippen molar-refractivity contribution in [2.24, 2.45) is 0 Å². The largest absolute Gasteiger partial charge is 0.466 e. The van der Waals surface area contributed by atoms with E-state index in [4.69, 9.17) is 4.74 Å². The zero-order chi connectivity index (χ0) is 21.5. The Bertz CT molecular complexity index is 808. The maximum atomic E-state index is 11.4. The molecule has 154 valence electrons. The van der Waals surface area contributed by atoms with Gasteiger partial charge in [0.15, 0.2) is 5.78 Å². The number of carbonyl (C=O) groups excluding carboxylic acids is 3. The molecule has 0 aromatic carbocycles. The van der Waals surface area contributed by atoms with Crippen LogP contribution in [0.3, 0.4) is 0 Å². The second-order valence-corrected chi connectivity index (χ2v) is 5.44. The third-order valence-corrected chi connectivity index (χ3v) is 3.42. The molecule has 2 aromatic heterocycles. The topological polar surface area (TPSA) is 107 Å². The van der Waals surface area contributed by atoms with Crippen LogP contribution in [-0.2, 0) is 19.1 Å². The molecule has 1 N–H and O–H groups in total. The number of nitrogens with one attached hydrogen (secondary N) is 1. The van der Waals surface area contributed by atoms with Crippen molar-refractivity contribution in [3.63, 3.8) is 0 Å². The highest BCUT2D eigenvalue weighted by Gasteiger charge is 2.11. The number of aromatic nitrogens is 2. The zero-order valence-electron chi connectivity index (χ0n) is 16.8. The van der Waals surface area contributed by atoms with Crippen LogP contribution < -0.4 is 5.32 Å². The molecule has 0 fully saturated rings. The third kappa shape index (κ3) is 9.28. The number of ether oxygens (including phenoxy) is 2. The summed E-state index contributed by atoms with van der Waals surface area (Å²) in [5.41, 5.74) is 2.10. The van der Waals surface area contributed by atoms with Gasteiger partial charge in [-0.1, -0.05) is 0 Å². The Labute approximate surface area is 170 Å². The molecule has 2 rings (SSSR count). The fourth-order valence-corrected chi connectivity index (χ4v) is 2.12. The predicted molar refractivity (Wildman–Crippen MR) is 108 cm³/mol. The number of ketones is 1. The van der Waals surface area contributed by atoms with E-state index in [0.29, 0.717) is 18.8 Å². The Kier molecular flexibility index (Phi) is 11.0. The molecular weight excluding hydrogens is 374 g/mol. The van der Waals surface area contributed by atoms with Crippen molar-refractivity contribution >= 4 is 23.4 Å². The molecule has 0 aliphatic heterocycles. The van der Waals surface area contributed by atoms with E-state index in [2.05, 4.69) is 20.0 Å². The number of pyridine rings is 2. The van der Waals surface area contributed by atoms with E-state index in [1.54, 1.807) is 45.4 Å². The number of hydrogen-bond acceptors (Lipinski definition) is 8. The average molecular weight is 399 g/mol. The highest BCUT2D eigenvalue weighted by atomic mass is 16.5. The summed E-state index contributed by atoms with van der Waals surface area (Å²) in [4.78, 5) is 41.3. The first-order chi connectivity index (χ1) is 14.0. The lowest BCUT2D eigenvalue weighted by molar-refractivity contribution is -0.142. The van der Waals surface area contributed by atoms with Gasteiger partial charge in [0.25, 0.3) is 0 Å². The van der Waals surface area contributed by atoms with Gasteiger partial charge in [-0.15, -0.1) is 0 Å². The van der Waals surface area contributed by atoms with Crippen molar-refractivity contribution in [1.82, 2.24) is 15.3 Å². The maximum absolute atomic E-state index is 11.4. The normalized spacial score (nSPS) is 10.2. The summed E-state index contributed by atoms with van der Waals surface area (Å²) in [6, 6.07) is 6.78. The summed E-state index contributed by atoms with van der Waals surface area (Å²) in [6.07, 6.45) is 7.59. The van der Waals surface area contributed by atoms with Gasteiger partial charge in [-0.25, -0.2) is 4.79 Å². The molecule has 8 nitrogen and oxygen atoms in total. The molecule has 0 amide bonds. The first-order valence-electron chi connectivity index (χ1n) is 9.07. The molecule has 8 heteroatoms. The summed E-state index contributed by atoms with van der Waals surface area (Å²) in [5.74, 6) is -1.08. The number of rotatable bonds is 8. The number of hydrogen-bond donors (Lipinski definition) is 1. The van der Waals surface area contributed by atoms with Gasteiger partial charge in [0.2, 0.25) is 0 Å². The lowest BCUT2D eigenvalue weighted by atomic mass is 10.1. The zero-order valence-corrected chi connectivity index (χ0v) is 16.8. The van der Waals surface area contributed by atoms with E-state index in [-0.39, 0.29) is 18.2 Å². The van der Waals surface area contributed by atoms with Crippen LogP contribution in [0.15, 0.2) is 55.1 Å². The summed E-state index contributed by atoms with van der Waals surface area (Å²) in [5, 5.41) is 2.94. The SMILES string of the molecule is CCOC(=O)/C=C(/NC)c1ccncc1.CCOC(=O)CC(=O)c1ccncc1. The monoisotopic (exact) mass is 399 g/mol. The van der Waals surface area contributed by atoms with Gasteiger partial charge >= 0.3 is 11.9 Å². The first-order valence-corrected chi connectivity index (χ1v) is 9.07. The van der Waals surface area contributed by atoms with Gasteiger partial charge < -0.3 is 14.8 Å². The maximum Gasteiger partial charge on any atom is 0.332 e. The molecule has 0 saturated carbocycles. The Morgan fingerprint density at radius 2 is 1.41 bits per heavy atom. The van der Waals surface area contributed by atoms with Gasteiger partial charge in [0.1, 0.15) is 6.42 Å². The molecule has 2 aromatic rings. The van der Waals surface area contributed by atoms with Crippen LogP contribution >= 0.6 is 0 Å². The summed E-state index contributed by atoms with van der Waals surface area (Å²) in [7, 11) is 1.76. The smallest absolute Gasteiger partial charge is 0.332 e. The van der Waals surface area contributed by atoms with Crippen molar-refractivity contribution < 1.29 is 23.9 Å². The summed E-state index contributed by atoms with van der Waals surface area (Å²) in [6.45, 7) is 4.15. The van der Waals surface area contributed by atoms with Crippen molar-refractivity contribution in [3.8, 4) is 0 Å². The molecule has 2 heterocycles. The fraction of sp³-hybridized carbons (Fsp3) is 0.286. The van der Waals surface area contributed by atoms with Gasteiger partial charge in [-0.2, -0.15) is 0 Å². The summed E-state index contributed by atoms with van der Waals surface area (Å²) < 4.78 is 9.48. The van der Waals surface area contributed by atoms with Gasteiger partial charge in [-0.05, 0) is 38.1 Å². The molecule has 0 aliphatic carbocycles. The number of nitrogens with zero attached hydrogens (tertiary/aromatic N) is 2. The number of esters is 2. The Morgan fingerprint density at radius 3 is 1.90 bits per heavy atom. The Balaban J connectivity index is 0.000000291. The molecule has 0 unspecified atom stereocenters. The minimum atomic E-state index is -0.491. The van der Waals surface area contributed by atoms with Crippen LogP contribution in [0.5, 0.6) is 0 Å². The predicted octanol–water partition coefficient (Wildman–Crippen LogP) is 2.42. The fourth-order valence-electron chi connectivity index (χ4n) is 2.12. The number of Topliss-reactive ketones (excluding diaryl/α,β-unsaturated/α-hetero) is 1. The third-order valence-electron chi connectivity index (χ3n) is 3.42. The minimum Gasteiger partial charge on any atom is -0.466 e. The van der Waals surface area contributed by atoms with E-state index >= 15 is 0 Å². The molecule has 0 spiro atoms. The highest BCUT2D eigenvalue weighted by molar-refractivity contribution is 6.05. The van der Waals surface area contributed by atoms with Crippen molar-refractivity contribution in [2.45, 2.75) is 20.3 Å².